The van der Waals surface area contributed by atoms with Crippen LogP contribution in [0.1, 0.15) is 44.5 Å². The fourth-order valence-corrected chi connectivity index (χ4v) is 4.32. The monoisotopic (exact) mass is 340 g/mol. The Morgan fingerprint density at radius 2 is 1.79 bits per heavy atom. The number of fused-ring (bicyclic) bond motifs is 1. The molecule has 0 saturated carbocycles. The Hall–Kier alpha value is -2.47. The van der Waals surface area contributed by atoms with Crippen LogP contribution in [0, 0.1) is 0 Å². The first kappa shape index (κ1) is 15.1. The van der Waals surface area contributed by atoms with Crippen molar-refractivity contribution >= 4 is 29.1 Å². The standard InChI is InChI=1S/C18H16N2O3S/c21-16(19-9-3-7-14(19)15-8-4-10-24-15)11-20-17(22)12-5-1-2-6-13(12)18(20)23/h1-2,4-6,8,10,14H,3,7,9,11H2/t14-/m0/s1. The Kier molecular flexibility index (Phi) is 3.69. The van der Waals surface area contributed by atoms with Gasteiger partial charge in [0.1, 0.15) is 6.54 Å². The Bertz CT molecular complexity index is 780. The summed E-state index contributed by atoms with van der Waals surface area (Å²) < 4.78 is 0. The number of carbonyl (C=O) groups is 3. The van der Waals surface area contributed by atoms with E-state index in [1.165, 1.54) is 0 Å². The van der Waals surface area contributed by atoms with Crippen LogP contribution in [0.15, 0.2) is 41.8 Å². The highest BCUT2D eigenvalue weighted by atomic mass is 32.1. The summed E-state index contributed by atoms with van der Waals surface area (Å²) in [6.45, 7) is 0.485. The van der Waals surface area contributed by atoms with Gasteiger partial charge in [0.05, 0.1) is 17.2 Å². The van der Waals surface area contributed by atoms with E-state index in [-0.39, 0.29) is 30.3 Å². The number of thiophene rings is 1. The van der Waals surface area contributed by atoms with Crippen molar-refractivity contribution in [3.8, 4) is 0 Å². The van der Waals surface area contributed by atoms with E-state index in [4.69, 9.17) is 0 Å². The maximum absolute atomic E-state index is 12.7. The van der Waals surface area contributed by atoms with Crippen molar-refractivity contribution in [3.05, 3.63) is 57.8 Å². The number of rotatable bonds is 3. The number of nitrogens with zero attached hydrogens (tertiary/aromatic N) is 2. The normalized spacial score (nSPS) is 19.9. The lowest BCUT2D eigenvalue weighted by atomic mass is 10.1. The van der Waals surface area contributed by atoms with E-state index < -0.39 is 0 Å². The molecule has 3 amide bonds. The molecule has 4 rings (SSSR count). The zero-order valence-electron chi connectivity index (χ0n) is 13.0. The SMILES string of the molecule is O=C1c2ccccc2C(=O)N1CC(=O)N1CCC[C@H]1c1cccs1. The molecule has 3 heterocycles. The summed E-state index contributed by atoms with van der Waals surface area (Å²) in [5.41, 5.74) is 0.762. The minimum atomic E-state index is -0.379. The average molecular weight is 340 g/mol. The van der Waals surface area contributed by atoms with Gasteiger partial charge in [0.2, 0.25) is 5.91 Å². The largest absolute Gasteiger partial charge is 0.333 e. The number of benzene rings is 1. The van der Waals surface area contributed by atoms with Crippen LogP contribution in [0.25, 0.3) is 0 Å². The third kappa shape index (κ3) is 2.34. The second-order valence-corrected chi connectivity index (χ2v) is 6.98. The summed E-state index contributed by atoms with van der Waals surface area (Å²) in [5, 5.41) is 2.00. The van der Waals surface area contributed by atoms with E-state index in [9.17, 15) is 14.4 Å². The topological polar surface area (TPSA) is 57.7 Å². The molecule has 1 aromatic heterocycles. The molecule has 6 heteroatoms. The summed E-state index contributed by atoms with van der Waals surface area (Å²) in [6.07, 6.45) is 1.87. The zero-order chi connectivity index (χ0) is 16.7. The number of likely N-dealkylation sites (tertiary alicyclic amines) is 1. The molecule has 1 aromatic carbocycles. The molecule has 1 fully saturated rings. The molecule has 122 valence electrons. The molecule has 0 bridgehead atoms. The second-order valence-electron chi connectivity index (χ2n) is 6.00. The van der Waals surface area contributed by atoms with Gasteiger partial charge in [-0.2, -0.15) is 0 Å². The van der Waals surface area contributed by atoms with Crippen LogP contribution >= 0.6 is 11.3 Å². The molecule has 2 aromatic rings. The van der Waals surface area contributed by atoms with Crippen molar-refractivity contribution in [2.45, 2.75) is 18.9 Å². The van der Waals surface area contributed by atoms with Gasteiger partial charge in [-0.25, -0.2) is 0 Å². The van der Waals surface area contributed by atoms with Gasteiger partial charge in [-0.1, -0.05) is 18.2 Å². The zero-order valence-corrected chi connectivity index (χ0v) is 13.8. The molecule has 0 radical (unpaired) electrons. The lowest BCUT2D eigenvalue weighted by Gasteiger charge is -2.25. The van der Waals surface area contributed by atoms with Gasteiger partial charge in [0.15, 0.2) is 0 Å². The first-order valence-corrected chi connectivity index (χ1v) is 8.83. The fraction of sp³-hybridized carbons (Fsp3) is 0.278. The van der Waals surface area contributed by atoms with Crippen LogP contribution < -0.4 is 0 Å². The molecule has 1 saturated heterocycles. The van der Waals surface area contributed by atoms with E-state index in [0.717, 1.165) is 22.6 Å². The number of hydrogen-bond donors (Lipinski definition) is 0. The van der Waals surface area contributed by atoms with Crippen LogP contribution in [0.4, 0.5) is 0 Å². The van der Waals surface area contributed by atoms with Gasteiger partial charge < -0.3 is 4.90 Å². The van der Waals surface area contributed by atoms with Crippen molar-refractivity contribution in [2.24, 2.45) is 0 Å². The van der Waals surface area contributed by atoms with E-state index in [1.807, 2.05) is 17.5 Å². The van der Waals surface area contributed by atoms with Crippen molar-refractivity contribution in [2.75, 3.05) is 13.1 Å². The van der Waals surface area contributed by atoms with Gasteiger partial charge >= 0.3 is 0 Å². The van der Waals surface area contributed by atoms with Crippen LogP contribution in [-0.2, 0) is 4.79 Å². The van der Waals surface area contributed by atoms with Crippen LogP contribution in [0.5, 0.6) is 0 Å². The van der Waals surface area contributed by atoms with Gasteiger partial charge in [-0.15, -0.1) is 11.3 Å². The predicted molar refractivity (Wildman–Crippen MR) is 89.8 cm³/mol. The number of hydrogen-bond acceptors (Lipinski definition) is 4. The molecule has 0 unspecified atom stereocenters. The molecule has 0 N–H and O–H groups in total. The summed E-state index contributed by atoms with van der Waals surface area (Å²) in [4.78, 5) is 41.6. The van der Waals surface area contributed by atoms with Crippen molar-refractivity contribution in [3.63, 3.8) is 0 Å². The van der Waals surface area contributed by atoms with Crippen LogP contribution in [-0.4, -0.2) is 40.6 Å². The highest BCUT2D eigenvalue weighted by molar-refractivity contribution is 7.10. The van der Waals surface area contributed by atoms with Crippen molar-refractivity contribution in [1.82, 2.24) is 9.80 Å². The molecular formula is C18H16N2O3S. The third-order valence-electron chi connectivity index (χ3n) is 4.62. The lowest BCUT2D eigenvalue weighted by molar-refractivity contribution is -0.132. The number of amides is 3. The van der Waals surface area contributed by atoms with Crippen molar-refractivity contribution < 1.29 is 14.4 Å². The minimum absolute atomic E-state index is 0.0627. The highest BCUT2D eigenvalue weighted by Crippen LogP contribution is 2.34. The molecule has 2 aliphatic heterocycles. The molecule has 24 heavy (non-hydrogen) atoms. The Morgan fingerprint density at radius 3 is 2.42 bits per heavy atom. The van der Waals surface area contributed by atoms with Gasteiger partial charge in [-0.3, -0.25) is 19.3 Å². The number of imide groups is 1. The summed E-state index contributed by atoms with van der Waals surface area (Å²) in [5.74, 6) is -0.924. The Balaban J connectivity index is 1.53. The highest BCUT2D eigenvalue weighted by Gasteiger charge is 2.39. The first-order valence-electron chi connectivity index (χ1n) is 7.95. The Morgan fingerprint density at radius 1 is 1.08 bits per heavy atom. The van der Waals surface area contributed by atoms with Crippen LogP contribution in [0.3, 0.4) is 0 Å². The average Bonchev–Trinajstić information content (AvgIpc) is 3.31. The van der Waals surface area contributed by atoms with Crippen molar-refractivity contribution in [1.29, 1.82) is 0 Å². The van der Waals surface area contributed by atoms with E-state index in [1.54, 1.807) is 40.5 Å². The van der Waals surface area contributed by atoms with Crippen LogP contribution in [0.2, 0.25) is 0 Å². The summed E-state index contributed by atoms with van der Waals surface area (Å²) in [6, 6.07) is 10.8. The summed E-state index contributed by atoms with van der Waals surface area (Å²) in [7, 11) is 0. The minimum Gasteiger partial charge on any atom is -0.333 e. The molecule has 1 atom stereocenters. The predicted octanol–water partition coefficient (Wildman–Crippen LogP) is 2.71. The van der Waals surface area contributed by atoms with Gasteiger partial charge in [-0.05, 0) is 36.4 Å². The smallest absolute Gasteiger partial charge is 0.262 e. The molecule has 5 nitrogen and oxygen atoms in total. The second kappa shape index (κ2) is 5.87. The maximum atomic E-state index is 12.7. The maximum Gasteiger partial charge on any atom is 0.262 e. The number of carbonyl (C=O) groups excluding carboxylic acids is 3. The van der Waals surface area contributed by atoms with E-state index in [0.29, 0.717) is 17.7 Å². The quantitative estimate of drug-likeness (QED) is 0.807. The van der Waals surface area contributed by atoms with Gasteiger partial charge in [0.25, 0.3) is 11.8 Å². The van der Waals surface area contributed by atoms with Gasteiger partial charge in [0, 0.05) is 11.4 Å². The fourth-order valence-electron chi connectivity index (χ4n) is 3.45. The van der Waals surface area contributed by atoms with E-state index in [2.05, 4.69) is 0 Å². The first-order chi connectivity index (χ1) is 11.7. The van der Waals surface area contributed by atoms with E-state index >= 15 is 0 Å². The molecule has 0 aliphatic carbocycles. The Labute approximate surface area is 143 Å². The molecule has 2 aliphatic rings. The summed E-state index contributed by atoms with van der Waals surface area (Å²) >= 11 is 1.63. The molecule has 0 spiro atoms. The molecular weight excluding hydrogens is 324 g/mol. The lowest BCUT2D eigenvalue weighted by Crippen LogP contribution is -2.42. The third-order valence-corrected chi connectivity index (χ3v) is 5.59.